The molecule has 140 valence electrons. The highest BCUT2D eigenvalue weighted by molar-refractivity contribution is 8.01. The first-order valence-corrected chi connectivity index (χ1v) is 9.94. The largest absolute Gasteiger partial charge is 0.465 e. The maximum Gasteiger partial charge on any atom is 0.316 e. The summed E-state index contributed by atoms with van der Waals surface area (Å²) in [6.07, 6.45) is 0. The molecule has 8 nitrogen and oxygen atoms in total. The van der Waals surface area contributed by atoms with Gasteiger partial charge in [0.2, 0.25) is 5.13 Å². The molecule has 0 aliphatic carbocycles. The van der Waals surface area contributed by atoms with Gasteiger partial charge in [0, 0.05) is 5.56 Å². The summed E-state index contributed by atoms with van der Waals surface area (Å²) in [4.78, 5) is 32.8. The third kappa shape index (κ3) is 4.77. The van der Waals surface area contributed by atoms with Gasteiger partial charge in [-0.1, -0.05) is 23.1 Å². The van der Waals surface area contributed by atoms with Gasteiger partial charge < -0.3 is 4.74 Å². The first-order valence-electron chi connectivity index (χ1n) is 8.14. The molecule has 10 heteroatoms. The number of aromatic nitrogens is 4. The van der Waals surface area contributed by atoms with E-state index in [1.807, 2.05) is 13.8 Å². The molecule has 1 aromatic carbocycles. The number of hydrogen-bond acceptors (Lipinski definition) is 9. The van der Waals surface area contributed by atoms with Crippen molar-refractivity contribution in [1.82, 2.24) is 20.2 Å². The molecule has 0 bridgehead atoms. The minimum atomic E-state index is -0.314. The number of carbonyl (C=O) groups excluding carboxylic acids is 2. The number of benzene rings is 1. The van der Waals surface area contributed by atoms with Gasteiger partial charge in [-0.15, -0.1) is 10.2 Å². The topological polar surface area (TPSA) is 107 Å². The summed E-state index contributed by atoms with van der Waals surface area (Å²) in [5.41, 5.74) is 3.54. The Bertz CT molecular complexity index is 1010. The molecule has 2 aromatic heterocycles. The fourth-order valence-corrected chi connectivity index (χ4v) is 3.73. The van der Waals surface area contributed by atoms with E-state index in [1.54, 1.807) is 25.1 Å². The van der Waals surface area contributed by atoms with E-state index in [0.717, 1.165) is 16.9 Å². The first-order chi connectivity index (χ1) is 13.0. The number of hydrogen-bond donors (Lipinski definition) is 1. The highest BCUT2D eigenvalue weighted by Gasteiger charge is 2.13. The predicted octanol–water partition coefficient (Wildman–Crippen LogP) is 3.01. The Balaban J connectivity index is 1.67. The van der Waals surface area contributed by atoms with Crippen molar-refractivity contribution >= 4 is 51.1 Å². The lowest BCUT2D eigenvalue weighted by molar-refractivity contribution is -0.139. The molecule has 1 N–H and O–H groups in total. The molecule has 0 fully saturated rings. The van der Waals surface area contributed by atoms with Crippen LogP contribution in [0.25, 0.3) is 11.0 Å². The van der Waals surface area contributed by atoms with Crippen molar-refractivity contribution in [3.05, 3.63) is 35.2 Å². The second-order valence-electron chi connectivity index (χ2n) is 5.52. The van der Waals surface area contributed by atoms with Crippen molar-refractivity contribution in [1.29, 1.82) is 0 Å². The van der Waals surface area contributed by atoms with Crippen LogP contribution in [0.5, 0.6) is 0 Å². The molecular weight excluding hydrogens is 386 g/mol. The monoisotopic (exact) mass is 403 g/mol. The molecule has 0 radical (unpaired) electrons. The van der Waals surface area contributed by atoms with Crippen LogP contribution in [0.15, 0.2) is 22.5 Å². The normalized spacial score (nSPS) is 10.8. The molecule has 3 rings (SSSR count). The zero-order chi connectivity index (χ0) is 19.4. The standard InChI is InChI=1S/C17H17N5O3S2/c1-4-25-14(23)8-26-17-22-21-16(27-17)20-15(24)11-5-6-12-13(7-11)19-10(3)9(2)18-12/h5-7H,4,8H2,1-3H3,(H,20,21,24). The Morgan fingerprint density at radius 1 is 1.15 bits per heavy atom. The number of rotatable bonds is 6. The maximum atomic E-state index is 12.5. The average molecular weight is 403 g/mol. The summed E-state index contributed by atoms with van der Waals surface area (Å²) in [6, 6.07) is 5.16. The number of anilines is 1. The molecule has 2 heterocycles. The van der Waals surface area contributed by atoms with Gasteiger partial charge in [0.25, 0.3) is 5.91 Å². The maximum absolute atomic E-state index is 12.5. The Morgan fingerprint density at radius 3 is 2.63 bits per heavy atom. The van der Waals surface area contributed by atoms with Crippen LogP contribution >= 0.6 is 23.1 Å². The summed E-state index contributed by atoms with van der Waals surface area (Å²) >= 11 is 2.41. The molecule has 0 unspecified atom stereocenters. The SMILES string of the molecule is CCOC(=O)CSc1nnc(NC(=O)c2ccc3nc(C)c(C)nc3c2)s1. The number of amides is 1. The van der Waals surface area contributed by atoms with Crippen molar-refractivity contribution in [2.45, 2.75) is 25.1 Å². The van der Waals surface area contributed by atoms with E-state index in [9.17, 15) is 9.59 Å². The van der Waals surface area contributed by atoms with E-state index in [-0.39, 0.29) is 17.6 Å². The Kier molecular flexibility index (Phi) is 5.97. The third-order valence-electron chi connectivity index (χ3n) is 3.58. The van der Waals surface area contributed by atoms with Gasteiger partial charge >= 0.3 is 5.97 Å². The smallest absolute Gasteiger partial charge is 0.316 e. The lowest BCUT2D eigenvalue weighted by atomic mass is 10.1. The Morgan fingerprint density at radius 2 is 1.89 bits per heavy atom. The predicted molar refractivity (Wildman–Crippen MR) is 104 cm³/mol. The van der Waals surface area contributed by atoms with Crippen LogP contribution < -0.4 is 5.32 Å². The first kappa shape index (κ1) is 19.2. The summed E-state index contributed by atoms with van der Waals surface area (Å²) in [7, 11) is 0. The van der Waals surface area contributed by atoms with Gasteiger partial charge in [0.05, 0.1) is 34.8 Å². The second kappa shape index (κ2) is 8.40. The molecule has 0 saturated heterocycles. The van der Waals surface area contributed by atoms with Gasteiger partial charge in [-0.25, -0.2) is 9.97 Å². The van der Waals surface area contributed by atoms with Crippen LogP contribution in [-0.4, -0.2) is 44.4 Å². The number of nitrogens with one attached hydrogen (secondary N) is 1. The minimum Gasteiger partial charge on any atom is -0.465 e. The molecule has 0 atom stereocenters. The number of thioether (sulfide) groups is 1. The van der Waals surface area contributed by atoms with Crippen molar-refractivity contribution < 1.29 is 14.3 Å². The lowest BCUT2D eigenvalue weighted by Crippen LogP contribution is -2.11. The zero-order valence-electron chi connectivity index (χ0n) is 15.0. The van der Waals surface area contributed by atoms with Crippen molar-refractivity contribution in [3.63, 3.8) is 0 Å². The van der Waals surface area contributed by atoms with Crippen LogP contribution in [0.1, 0.15) is 28.7 Å². The van der Waals surface area contributed by atoms with Crippen LogP contribution in [0.4, 0.5) is 5.13 Å². The molecule has 0 spiro atoms. The zero-order valence-corrected chi connectivity index (χ0v) is 16.6. The molecule has 0 aliphatic heterocycles. The fourth-order valence-electron chi connectivity index (χ4n) is 2.18. The minimum absolute atomic E-state index is 0.151. The number of aryl methyl sites for hydroxylation is 2. The second-order valence-corrected chi connectivity index (χ2v) is 7.72. The van der Waals surface area contributed by atoms with E-state index in [0.29, 0.717) is 27.2 Å². The Labute approximate surface area is 163 Å². The number of carbonyl (C=O) groups is 2. The van der Waals surface area contributed by atoms with E-state index in [4.69, 9.17) is 4.74 Å². The van der Waals surface area contributed by atoms with E-state index in [2.05, 4.69) is 25.5 Å². The third-order valence-corrected chi connectivity index (χ3v) is 5.53. The quantitative estimate of drug-likeness (QED) is 0.380. The number of nitrogens with zero attached hydrogens (tertiary/aromatic N) is 4. The van der Waals surface area contributed by atoms with Crippen molar-refractivity contribution in [2.75, 3.05) is 17.7 Å². The molecule has 1 amide bonds. The Hall–Kier alpha value is -2.59. The fraction of sp³-hybridized carbons (Fsp3) is 0.294. The molecule has 0 saturated carbocycles. The summed E-state index contributed by atoms with van der Waals surface area (Å²) in [6.45, 7) is 5.87. The van der Waals surface area contributed by atoms with E-state index < -0.39 is 0 Å². The van der Waals surface area contributed by atoms with Gasteiger partial charge in [0.1, 0.15) is 0 Å². The van der Waals surface area contributed by atoms with Gasteiger partial charge in [-0.2, -0.15) is 0 Å². The van der Waals surface area contributed by atoms with E-state index in [1.165, 1.54) is 23.1 Å². The van der Waals surface area contributed by atoms with Crippen LogP contribution in [0.3, 0.4) is 0 Å². The summed E-state index contributed by atoms with van der Waals surface area (Å²) in [5.74, 6) is -0.473. The van der Waals surface area contributed by atoms with Crippen LogP contribution in [0, 0.1) is 13.8 Å². The van der Waals surface area contributed by atoms with Gasteiger partial charge in [-0.3, -0.25) is 14.9 Å². The highest BCUT2D eigenvalue weighted by atomic mass is 32.2. The van der Waals surface area contributed by atoms with Gasteiger partial charge in [-0.05, 0) is 39.0 Å². The molecule has 3 aromatic rings. The van der Waals surface area contributed by atoms with Crippen molar-refractivity contribution in [2.24, 2.45) is 0 Å². The molecule has 0 aliphatic rings. The highest BCUT2D eigenvalue weighted by Crippen LogP contribution is 2.26. The number of esters is 1. The van der Waals surface area contributed by atoms with Crippen molar-refractivity contribution in [3.8, 4) is 0 Å². The van der Waals surface area contributed by atoms with Crippen LogP contribution in [-0.2, 0) is 9.53 Å². The molecule has 27 heavy (non-hydrogen) atoms. The van der Waals surface area contributed by atoms with E-state index >= 15 is 0 Å². The summed E-state index contributed by atoms with van der Waals surface area (Å²) < 4.78 is 5.44. The van der Waals surface area contributed by atoms with Gasteiger partial charge in [0.15, 0.2) is 4.34 Å². The number of fused-ring (bicyclic) bond motifs is 1. The molecular formula is C17H17N5O3S2. The average Bonchev–Trinajstić information content (AvgIpc) is 3.08. The van der Waals surface area contributed by atoms with Crippen LogP contribution in [0.2, 0.25) is 0 Å². The lowest BCUT2D eigenvalue weighted by Gasteiger charge is -2.05. The number of ether oxygens (including phenoxy) is 1. The summed E-state index contributed by atoms with van der Waals surface area (Å²) in [5, 5.41) is 11.0.